The molecule has 0 saturated heterocycles. The summed E-state index contributed by atoms with van der Waals surface area (Å²) in [6.07, 6.45) is 0. The predicted octanol–water partition coefficient (Wildman–Crippen LogP) is 2.83. The van der Waals surface area contributed by atoms with Crippen molar-refractivity contribution in [3.8, 4) is 0 Å². The second-order valence-electron chi connectivity index (χ2n) is 2.62. The Morgan fingerprint density at radius 3 is 2.82 bits per heavy atom. The molecular weight excluding hydrogens is 251 g/mol. The zero-order valence-electron chi connectivity index (χ0n) is 6.38. The number of hydrogen-bond acceptors (Lipinski definition) is 0. The average molecular weight is 261 g/mol. The maximum absolute atomic E-state index is 10.5. The molecule has 0 aliphatic heterocycles. The lowest BCUT2D eigenvalue weighted by Gasteiger charge is -2.06. The molecule has 1 atom stereocenters. The van der Waals surface area contributed by atoms with Gasteiger partial charge in [0.15, 0.2) is 0 Å². The SMILES string of the molecule is CC(C[O])c1cccc(I)c1. The van der Waals surface area contributed by atoms with Gasteiger partial charge < -0.3 is 0 Å². The molecule has 0 bridgehead atoms. The van der Waals surface area contributed by atoms with Crippen LogP contribution in [0.2, 0.25) is 0 Å². The zero-order chi connectivity index (χ0) is 8.27. The lowest BCUT2D eigenvalue weighted by atomic mass is 10.0. The van der Waals surface area contributed by atoms with Crippen molar-refractivity contribution in [1.29, 1.82) is 0 Å². The van der Waals surface area contributed by atoms with Crippen LogP contribution in [0.15, 0.2) is 24.3 Å². The van der Waals surface area contributed by atoms with Crippen molar-refractivity contribution >= 4 is 22.6 Å². The Morgan fingerprint density at radius 2 is 2.27 bits per heavy atom. The minimum atomic E-state index is -0.0277. The van der Waals surface area contributed by atoms with E-state index < -0.39 is 0 Å². The lowest BCUT2D eigenvalue weighted by molar-refractivity contribution is 0.177. The first-order valence-corrected chi connectivity index (χ1v) is 4.65. The van der Waals surface area contributed by atoms with Gasteiger partial charge in [-0.1, -0.05) is 19.1 Å². The molecule has 0 aliphatic rings. The summed E-state index contributed by atoms with van der Waals surface area (Å²) in [6, 6.07) is 8.08. The summed E-state index contributed by atoms with van der Waals surface area (Å²) in [7, 11) is 0. The van der Waals surface area contributed by atoms with Crippen LogP contribution in [0.4, 0.5) is 0 Å². The highest BCUT2D eigenvalue weighted by Gasteiger charge is 2.03. The van der Waals surface area contributed by atoms with E-state index in [0.29, 0.717) is 0 Å². The molecule has 0 fully saturated rings. The summed E-state index contributed by atoms with van der Waals surface area (Å²) in [5.74, 6) is 0.143. The van der Waals surface area contributed by atoms with Gasteiger partial charge in [0, 0.05) is 9.49 Å². The van der Waals surface area contributed by atoms with E-state index >= 15 is 0 Å². The Morgan fingerprint density at radius 1 is 1.55 bits per heavy atom. The first-order valence-electron chi connectivity index (χ1n) is 3.57. The molecule has 0 aliphatic carbocycles. The van der Waals surface area contributed by atoms with E-state index in [9.17, 15) is 5.11 Å². The van der Waals surface area contributed by atoms with E-state index in [1.54, 1.807) is 0 Å². The predicted molar refractivity (Wildman–Crippen MR) is 53.1 cm³/mol. The standard InChI is InChI=1S/C9H10IO/c1-7(6-11)8-3-2-4-9(10)5-8/h2-5,7H,6H2,1H3. The highest BCUT2D eigenvalue weighted by molar-refractivity contribution is 14.1. The fourth-order valence-corrected chi connectivity index (χ4v) is 1.48. The molecule has 0 amide bonds. The summed E-state index contributed by atoms with van der Waals surface area (Å²) in [4.78, 5) is 0. The normalized spacial score (nSPS) is 13.0. The summed E-state index contributed by atoms with van der Waals surface area (Å²) in [6.45, 7) is 1.93. The van der Waals surface area contributed by atoms with Crippen LogP contribution in [0.5, 0.6) is 0 Å². The van der Waals surface area contributed by atoms with Crippen LogP contribution in [-0.2, 0) is 5.11 Å². The lowest BCUT2D eigenvalue weighted by Crippen LogP contribution is -1.97. The van der Waals surface area contributed by atoms with Gasteiger partial charge in [-0.3, -0.25) is 0 Å². The van der Waals surface area contributed by atoms with E-state index in [1.807, 2.05) is 25.1 Å². The molecule has 0 aromatic heterocycles. The van der Waals surface area contributed by atoms with Crippen molar-refractivity contribution in [1.82, 2.24) is 0 Å². The summed E-state index contributed by atoms with van der Waals surface area (Å²) in [5, 5.41) is 10.5. The third-order valence-electron chi connectivity index (χ3n) is 1.67. The molecule has 1 unspecified atom stereocenters. The van der Waals surface area contributed by atoms with Gasteiger partial charge in [0.25, 0.3) is 0 Å². The highest BCUT2D eigenvalue weighted by Crippen LogP contribution is 2.16. The molecule has 1 aromatic rings. The van der Waals surface area contributed by atoms with E-state index in [0.717, 1.165) is 5.56 Å². The van der Waals surface area contributed by atoms with Crippen molar-refractivity contribution in [2.45, 2.75) is 12.8 Å². The second kappa shape index (κ2) is 4.07. The summed E-state index contributed by atoms with van der Waals surface area (Å²) in [5.41, 5.74) is 1.15. The van der Waals surface area contributed by atoms with Crippen LogP contribution in [0.25, 0.3) is 0 Å². The molecule has 1 nitrogen and oxygen atoms in total. The Hall–Kier alpha value is -0.0900. The molecule has 2 heteroatoms. The third kappa shape index (κ3) is 2.45. The third-order valence-corrected chi connectivity index (χ3v) is 2.34. The van der Waals surface area contributed by atoms with E-state index in [1.165, 1.54) is 3.57 Å². The van der Waals surface area contributed by atoms with Crippen molar-refractivity contribution < 1.29 is 5.11 Å². The Balaban J connectivity index is 2.86. The van der Waals surface area contributed by atoms with Gasteiger partial charge in [0.2, 0.25) is 0 Å². The Labute approximate surface area is 80.6 Å². The first-order chi connectivity index (χ1) is 5.24. The molecule has 0 spiro atoms. The van der Waals surface area contributed by atoms with Gasteiger partial charge in [0.05, 0.1) is 6.61 Å². The van der Waals surface area contributed by atoms with Gasteiger partial charge in [-0.15, -0.1) is 0 Å². The first kappa shape index (κ1) is 9.00. The fraction of sp³-hybridized carbons (Fsp3) is 0.333. The van der Waals surface area contributed by atoms with Crippen LogP contribution >= 0.6 is 22.6 Å². The van der Waals surface area contributed by atoms with Crippen LogP contribution in [-0.4, -0.2) is 6.61 Å². The minimum Gasteiger partial charge on any atom is -0.236 e. The van der Waals surface area contributed by atoms with Gasteiger partial charge in [-0.05, 0) is 40.3 Å². The molecule has 1 aromatic carbocycles. The molecule has 59 valence electrons. The molecule has 0 saturated carbocycles. The fourth-order valence-electron chi connectivity index (χ4n) is 0.909. The molecule has 0 N–H and O–H groups in total. The Bertz CT molecular complexity index is 235. The van der Waals surface area contributed by atoms with Crippen LogP contribution in [0.3, 0.4) is 0 Å². The van der Waals surface area contributed by atoms with Gasteiger partial charge >= 0.3 is 0 Å². The zero-order valence-corrected chi connectivity index (χ0v) is 8.54. The molecule has 0 heterocycles. The van der Waals surface area contributed by atoms with Gasteiger partial charge in [-0.25, -0.2) is 5.11 Å². The number of rotatable bonds is 2. The minimum absolute atomic E-state index is 0.0277. The van der Waals surface area contributed by atoms with Crippen molar-refractivity contribution in [2.24, 2.45) is 0 Å². The van der Waals surface area contributed by atoms with Gasteiger partial charge in [-0.2, -0.15) is 0 Å². The van der Waals surface area contributed by atoms with Crippen molar-refractivity contribution in [2.75, 3.05) is 6.61 Å². The molecule has 1 radical (unpaired) electrons. The smallest absolute Gasteiger partial charge is 0.0888 e. The second-order valence-corrected chi connectivity index (χ2v) is 3.87. The average Bonchev–Trinajstić information content (AvgIpc) is 2.03. The Kier molecular flexibility index (Phi) is 3.33. The maximum atomic E-state index is 10.5. The molecule has 11 heavy (non-hydrogen) atoms. The number of hydrogen-bond donors (Lipinski definition) is 0. The quantitative estimate of drug-likeness (QED) is 0.729. The van der Waals surface area contributed by atoms with E-state index in [4.69, 9.17) is 0 Å². The monoisotopic (exact) mass is 261 g/mol. The molecular formula is C9H10IO. The van der Waals surface area contributed by atoms with E-state index in [2.05, 4.69) is 28.7 Å². The number of benzene rings is 1. The van der Waals surface area contributed by atoms with E-state index in [-0.39, 0.29) is 12.5 Å². The van der Waals surface area contributed by atoms with Crippen molar-refractivity contribution in [3.05, 3.63) is 33.4 Å². The summed E-state index contributed by atoms with van der Waals surface area (Å²) < 4.78 is 1.19. The molecule has 1 rings (SSSR count). The largest absolute Gasteiger partial charge is 0.236 e. The van der Waals surface area contributed by atoms with Crippen LogP contribution in [0.1, 0.15) is 18.4 Å². The highest BCUT2D eigenvalue weighted by atomic mass is 127. The van der Waals surface area contributed by atoms with Gasteiger partial charge in [0.1, 0.15) is 0 Å². The maximum Gasteiger partial charge on any atom is 0.0888 e. The topological polar surface area (TPSA) is 19.9 Å². The van der Waals surface area contributed by atoms with Crippen LogP contribution < -0.4 is 0 Å². The number of halogens is 1. The van der Waals surface area contributed by atoms with Crippen LogP contribution in [0, 0.1) is 3.57 Å². The summed E-state index contributed by atoms with van der Waals surface area (Å²) >= 11 is 2.25. The van der Waals surface area contributed by atoms with Crippen molar-refractivity contribution in [3.63, 3.8) is 0 Å².